The number of nitriles is 1. The Morgan fingerprint density at radius 2 is 1.51 bits per heavy atom. The van der Waals surface area contributed by atoms with E-state index < -0.39 is 40.0 Å². The summed E-state index contributed by atoms with van der Waals surface area (Å²) < 4.78 is 29.9. The van der Waals surface area contributed by atoms with Gasteiger partial charge in [0.25, 0.3) is 0 Å². The van der Waals surface area contributed by atoms with Crippen LogP contribution in [0.15, 0.2) is 103 Å². The normalized spacial score (nSPS) is 16.3. The minimum absolute atomic E-state index is 0.223. The molecule has 10 heteroatoms. The summed E-state index contributed by atoms with van der Waals surface area (Å²) in [6.45, 7) is 0.691. The highest BCUT2D eigenvalue weighted by atomic mass is 32.2. The summed E-state index contributed by atoms with van der Waals surface area (Å²) in [6, 6.07) is 29.8. The molecule has 8 nitrogen and oxygen atoms in total. The fourth-order valence-corrected chi connectivity index (χ4v) is 7.62. The van der Waals surface area contributed by atoms with Gasteiger partial charge in [-0.2, -0.15) is 5.26 Å². The van der Waals surface area contributed by atoms with Crippen LogP contribution in [0, 0.1) is 11.3 Å². The van der Waals surface area contributed by atoms with Gasteiger partial charge in [-0.15, -0.1) is 11.3 Å². The van der Waals surface area contributed by atoms with Crippen LogP contribution in [0.5, 0.6) is 0 Å². The molecule has 3 N–H and O–H groups in total. The van der Waals surface area contributed by atoms with E-state index in [0.29, 0.717) is 28.3 Å². The highest BCUT2D eigenvalue weighted by Gasteiger charge is 2.38. The molecule has 1 aromatic heterocycles. The van der Waals surface area contributed by atoms with Crippen LogP contribution < -0.4 is 15.4 Å². The number of hydrogen-bond acceptors (Lipinski definition) is 7. The fourth-order valence-electron chi connectivity index (χ4n) is 5.41. The van der Waals surface area contributed by atoms with E-state index in [-0.39, 0.29) is 11.5 Å². The second kappa shape index (κ2) is 13.9. The van der Waals surface area contributed by atoms with Crippen molar-refractivity contribution in [1.82, 2.24) is 15.4 Å². The third-order valence-corrected chi connectivity index (χ3v) is 9.82. The number of nitrogens with one attached hydrogen (secondary N) is 3. The Hall–Kier alpha value is -4.14. The lowest BCUT2D eigenvalue weighted by atomic mass is 9.85. The van der Waals surface area contributed by atoms with Gasteiger partial charge in [-0.05, 0) is 48.2 Å². The monoisotopic (exact) mass is 612 g/mol. The second-order valence-electron chi connectivity index (χ2n) is 10.4. The number of amides is 1. The van der Waals surface area contributed by atoms with Gasteiger partial charge >= 0.3 is 0 Å². The molecule has 5 rings (SSSR count). The van der Waals surface area contributed by atoms with Crippen LogP contribution in [0.25, 0.3) is 0 Å². The molecule has 0 spiro atoms. The van der Waals surface area contributed by atoms with Crippen molar-refractivity contribution in [3.8, 4) is 6.07 Å². The van der Waals surface area contributed by atoms with Gasteiger partial charge in [0.1, 0.15) is 23.0 Å². The van der Waals surface area contributed by atoms with Crippen molar-refractivity contribution in [1.29, 1.82) is 5.26 Å². The summed E-state index contributed by atoms with van der Waals surface area (Å²) in [6.07, 6.45) is 1.46. The molecule has 1 amide bonds. The molecule has 1 unspecified atom stereocenters. The largest absolute Gasteiger partial charge is 0.340 e. The van der Waals surface area contributed by atoms with Gasteiger partial charge < -0.3 is 10.6 Å². The van der Waals surface area contributed by atoms with Crippen molar-refractivity contribution in [2.24, 2.45) is 0 Å². The Kier molecular flexibility index (Phi) is 9.79. The number of nitrogens with zero attached hydrogens (tertiary/aromatic N) is 1. The minimum atomic E-state index is -4.02. The van der Waals surface area contributed by atoms with Crippen molar-refractivity contribution in [2.45, 2.75) is 42.6 Å². The van der Waals surface area contributed by atoms with Crippen LogP contribution >= 0.6 is 11.3 Å². The van der Waals surface area contributed by atoms with Crippen molar-refractivity contribution >= 4 is 33.1 Å². The highest BCUT2D eigenvalue weighted by molar-refractivity contribution is 7.88. The lowest BCUT2D eigenvalue weighted by Gasteiger charge is -2.30. The first-order chi connectivity index (χ1) is 20.8. The zero-order chi connectivity index (χ0) is 30.2. The number of Topliss-reactive ketones (excluding diaryl/α,β-unsaturated/α-hetero) is 1. The van der Waals surface area contributed by atoms with Gasteiger partial charge in [-0.25, -0.2) is 13.1 Å². The zero-order valence-corrected chi connectivity index (χ0v) is 25.0. The minimum Gasteiger partial charge on any atom is -0.340 e. The number of hydrogen-bond donors (Lipinski definition) is 3. The molecule has 43 heavy (non-hydrogen) atoms. The van der Waals surface area contributed by atoms with E-state index in [4.69, 9.17) is 0 Å². The van der Waals surface area contributed by atoms with E-state index in [1.165, 1.54) is 0 Å². The molecule has 0 aliphatic carbocycles. The molecule has 2 heterocycles. The number of carbonyl (C=O) groups excluding carboxylic acids is 2. The molecule has 0 radical (unpaired) electrons. The van der Waals surface area contributed by atoms with Gasteiger partial charge in [-0.3, -0.25) is 9.59 Å². The Balaban J connectivity index is 1.55. The van der Waals surface area contributed by atoms with Gasteiger partial charge in [-0.1, -0.05) is 91.0 Å². The quantitative estimate of drug-likeness (QED) is 0.217. The molecule has 1 fully saturated rings. The average Bonchev–Trinajstić information content (AvgIpc) is 3.74. The molecule has 1 aliphatic heterocycles. The van der Waals surface area contributed by atoms with E-state index in [2.05, 4.69) is 21.4 Å². The van der Waals surface area contributed by atoms with Gasteiger partial charge in [0.05, 0.1) is 11.8 Å². The molecule has 3 atom stereocenters. The van der Waals surface area contributed by atoms with Gasteiger partial charge in [0.15, 0.2) is 5.78 Å². The fraction of sp³-hybridized carbons (Fsp3) is 0.242. The Labute approximate surface area is 255 Å². The molecule has 0 saturated carbocycles. The summed E-state index contributed by atoms with van der Waals surface area (Å²) in [7, 11) is -4.02. The maximum atomic E-state index is 14.4. The van der Waals surface area contributed by atoms with Crippen molar-refractivity contribution < 1.29 is 18.0 Å². The summed E-state index contributed by atoms with van der Waals surface area (Å²) in [4.78, 5) is 29.0. The molecule has 0 bridgehead atoms. The second-order valence-corrected chi connectivity index (χ2v) is 13.3. The molecule has 4 aromatic rings. The summed E-state index contributed by atoms with van der Waals surface area (Å²) in [5.74, 6) is -1.89. The predicted octanol–water partition coefficient (Wildman–Crippen LogP) is 4.42. The SMILES string of the molecule is N#Cc1ccc(C(NC(=O)[C@H](NS(=O)(=O)Cc2ccccc2)C(c2ccccc2)c2ccccc2)C(=O)[C@@H]2CCCN2)s1. The number of ketones is 1. The topological polar surface area (TPSA) is 128 Å². The Bertz CT molecular complexity index is 1640. The maximum Gasteiger partial charge on any atom is 0.240 e. The van der Waals surface area contributed by atoms with E-state index in [1.807, 2.05) is 60.7 Å². The molecular weight excluding hydrogens is 581 g/mol. The number of rotatable bonds is 12. The number of thiophene rings is 1. The third-order valence-electron chi connectivity index (χ3n) is 7.44. The van der Waals surface area contributed by atoms with Crippen molar-refractivity contribution in [2.75, 3.05) is 6.54 Å². The number of benzene rings is 3. The summed E-state index contributed by atoms with van der Waals surface area (Å²) in [5.41, 5.74) is 2.05. The van der Waals surface area contributed by atoms with Crippen molar-refractivity contribution in [3.63, 3.8) is 0 Å². The van der Waals surface area contributed by atoms with E-state index >= 15 is 0 Å². The molecule has 3 aromatic carbocycles. The van der Waals surface area contributed by atoms with Crippen LogP contribution in [-0.4, -0.2) is 38.7 Å². The van der Waals surface area contributed by atoms with Gasteiger partial charge in [0, 0.05) is 10.8 Å². The molecule has 1 aliphatic rings. The van der Waals surface area contributed by atoms with Crippen LogP contribution in [0.3, 0.4) is 0 Å². The highest BCUT2D eigenvalue weighted by Crippen LogP contribution is 2.31. The lowest BCUT2D eigenvalue weighted by molar-refractivity contribution is -0.129. The molecular formula is C33H32N4O4S2. The van der Waals surface area contributed by atoms with E-state index in [0.717, 1.165) is 28.9 Å². The summed E-state index contributed by atoms with van der Waals surface area (Å²) >= 11 is 1.13. The van der Waals surface area contributed by atoms with E-state index in [9.17, 15) is 23.3 Å². The lowest BCUT2D eigenvalue weighted by Crippen LogP contribution is -2.53. The standard InChI is InChI=1S/C33H32N4O4S2/c34-21-26-18-19-28(42-26)30(32(38)27-17-10-20-35-27)36-33(39)31(37-43(40,41)22-23-11-4-1-5-12-23)29(24-13-6-2-7-14-24)25-15-8-3-9-16-25/h1-9,11-16,18-19,27,29-31,35,37H,10,17,20,22H2,(H,36,39)/t27-,30?,31+/m0/s1. The smallest absolute Gasteiger partial charge is 0.240 e. The first-order valence-corrected chi connectivity index (χ1v) is 16.5. The van der Waals surface area contributed by atoms with E-state index in [1.54, 1.807) is 42.5 Å². The van der Waals surface area contributed by atoms with Crippen LogP contribution in [-0.2, 0) is 25.4 Å². The molecule has 220 valence electrons. The predicted molar refractivity (Wildman–Crippen MR) is 167 cm³/mol. The first kappa shape index (κ1) is 30.3. The van der Waals surface area contributed by atoms with Crippen LogP contribution in [0.1, 0.15) is 51.2 Å². The van der Waals surface area contributed by atoms with Crippen molar-refractivity contribution in [3.05, 3.63) is 130 Å². The first-order valence-electron chi connectivity index (χ1n) is 14.1. The van der Waals surface area contributed by atoms with Crippen LogP contribution in [0.2, 0.25) is 0 Å². The van der Waals surface area contributed by atoms with Gasteiger partial charge in [0.2, 0.25) is 15.9 Å². The Morgan fingerprint density at radius 1 is 0.907 bits per heavy atom. The average molecular weight is 613 g/mol. The number of sulfonamides is 1. The van der Waals surface area contributed by atoms with Crippen LogP contribution in [0.4, 0.5) is 0 Å². The number of carbonyl (C=O) groups is 2. The maximum absolute atomic E-state index is 14.4. The Morgan fingerprint density at radius 3 is 2.05 bits per heavy atom. The third kappa shape index (κ3) is 7.63. The summed E-state index contributed by atoms with van der Waals surface area (Å²) in [5, 5.41) is 15.5. The molecule has 1 saturated heterocycles. The zero-order valence-electron chi connectivity index (χ0n) is 23.3.